The van der Waals surface area contributed by atoms with Crippen molar-refractivity contribution in [2.24, 2.45) is 11.3 Å². The number of carbonyl (C=O) groups is 1. The van der Waals surface area contributed by atoms with Crippen LogP contribution >= 0.6 is 0 Å². The van der Waals surface area contributed by atoms with E-state index in [4.69, 9.17) is 9.47 Å². The van der Waals surface area contributed by atoms with Gasteiger partial charge in [0.25, 0.3) is 0 Å². The molecule has 2 aromatic carbocycles. The zero-order chi connectivity index (χ0) is 19.7. The molecule has 3 rings (SSSR count). The SMILES string of the molecule is COc1ccc(C2(c3ccc(OC(C)=O)cc3)CC(C)CC(C)(C)C2)cc1.[W]. The van der Waals surface area contributed by atoms with Gasteiger partial charge in [0.2, 0.25) is 0 Å². The van der Waals surface area contributed by atoms with Crippen molar-refractivity contribution in [3.05, 3.63) is 59.7 Å². The van der Waals surface area contributed by atoms with E-state index in [0.29, 0.717) is 11.7 Å². The monoisotopic (exact) mass is 550 g/mol. The van der Waals surface area contributed by atoms with Gasteiger partial charge >= 0.3 is 5.97 Å². The standard InChI is InChI=1S/C24H30O3.W/c1-17-14-23(3,4)16-24(15-17,19-6-10-21(26-5)11-7-19)20-8-12-22(13-9-20)27-18(2)25;/h6-13,17H,14-16H2,1-5H3;. The Balaban J connectivity index is 0.00000280. The largest absolute Gasteiger partial charge is 0.497 e. The summed E-state index contributed by atoms with van der Waals surface area (Å²) in [4.78, 5) is 11.2. The van der Waals surface area contributed by atoms with E-state index in [1.54, 1.807) is 7.11 Å². The van der Waals surface area contributed by atoms with Crippen LogP contribution in [0.15, 0.2) is 48.5 Å². The molecule has 150 valence electrons. The van der Waals surface area contributed by atoms with Crippen LogP contribution in [-0.2, 0) is 31.3 Å². The van der Waals surface area contributed by atoms with Gasteiger partial charge in [0.1, 0.15) is 11.5 Å². The van der Waals surface area contributed by atoms with Gasteiger partial charge in [0, 0.05) is 33.4 Å². The van der Waals surface area contributed by atoms with Gasteiger partial charge in [0.05, 0.1) is 7.11 Å². The van der Waals surface area contributed by atoms with E-state index in [2.05, 4.69) is 57.2 Å². The maximum Gasteiger partial charge on any atom is 0.308 e. The van der Waals surface area contributed by atoms with E-state index >= 15 is 0 Å². The predicted octanol–water partition coefficient (Wildman–Crippen LogP) is 5.75. The minimum absolute atomic E-state index is 0. The molecule has 3 nitrogen and oxygen atoms in total. The zero-order valence-electron chi connectivity index (χ0n) is 17.5. The Hall–Kier alpha value is -1.60. The van der Waals surface area contributed by atoms with Gasteiger partial charge in [-0.2, -0.15) is 0 Å². The Labute approximate surface area is 183 Å². The Morgan fingerprint density at radius 1 is 0.929 bits per heavy atom. The van der Waals surface area contributed by atoms with Crippen molar-refractivity contribution >= 4 is 5.97 Å². The summed E-state index contributed by atoms with van der Waals surface area (Å²) in [7, 11) is 1.70. The second-order valence-electron chi connectivity index (χ2n) is 8.78. The minimum atomic E-state index is -0.292. The van der Waals surface area contributed by atoms with Crippen LogP contribution in [0.2, 0.25) is 0 Å². The fraction of sp³-hybridized carbons (Fsp3) is 0.458. The molecule has 1 aliphatic carbocycles. The van der Waals surface area contributed by atoms with Gasteiger partial charge in [0.15, 0.2) is 0 Å². The van der Waals surface area contributed by atoms with Crippen molar-refractivity contribution in [3.8, 4) is 11.5 Å². The molecule has 1 saturated carbocycles. The zero-order valence-corrected chi connectivity index (χ0v) is 20.4. The van der Waals surface area contributed by atoms with E-state index in [1.807, 2.05) is 12.1 Å². The number of hydrogen-bond acceptors (Lipinski definition) is 3. The Kier molecular flexibility index (Phi) is 7.15. The van der Waals surface area contributed by atoms with Crippen LogP contribution in [0.1, 0.15) is 58.1 Å². The first-order chi connectivity index (χ1) is 12.7. The van der Waals surface area contributed by atoms with Crippen molar-refractivity contribution < 1.29 is 35.3 Å². The first kappa shape index (κ1) is 22.7. The van der Waals surface area contributed by atoms with E-state index in [0.717, 1.165) is 18.6 Å². The molecule has 2 atom stereocenters. The van der Waals surface area contributed by atoms with Crippen molar-refractivity contribution in [1.29, 1.82) is 0 Å². The average Bonchev–Trinajstić information content (AvgIpc) is 2.60. The molecule has 0 spiro atoms. The molecule has 2 unspecified atom stereocenters. The first-order valence-electron chi connectivity index (χ1n) is 9.68. The van der Waals surface area contributed by atoms with Gasteiger partial charge in [-0.05, 0) is 66.0 Å². The molecular weight excluding hydrogens is 520 g/mol. The smallest absolute Gasteiger partial charge is 0.308 e. The molecule has 1 fully saturated rings. The second-order valence-corrected chi connectivity index (χ2v) is 8.78. The molecule has 0 heterocycles. The van der Waals surface area contributed by atoms with Crippen molar-refractivity contribution in [1.82, 2.24) is 0 Å². The summed E-state index contributed by atoms with van der Waals surface area (Å²) < 4.78 is 10.6. The maximum absolute atomic E-state index is 11.2. The minimum Gasteiger partial charge on any atom is -0.497 e. The molecule has 2 aromatic rings. The van der Waals surface area contributed by atoms with E-state index < -0.39 is 0 Å². The average molecular weight is 550 g/mol. The van der Waals surface area contributed by atoms with E-state index in [-0.39, 0.29) is 37.9 Å². The number of benzene rings is 2. The molecular formula is C24H30O3W. The first-order valence-corrected chi connectivity index (χ1v) is 9.68. The predicted molar refractivity (Wildman–Crippen MR) is 108 cm³/mol. The summed E-state index contributed by atoms with van der Waals surface area (Å²) in [6.45, 7) is 8.52. The summed E-state index contributed by atoms with van der Waals surface area (Å²) in [5.41, 5.74) is 2.81. The quantitative estimate of drug-likeness (QED) is 0.360. The number of ether oxygens (including phenoxy) is 2. The summed E-state index contributed by atoms with van der Waals surface area (Å²) in [6, 6.07) is 16.6. The number of methoxy groups -OCH3 is 1. The van der Waals surface area contributed by atoms with Gasteiger partial charge in [-0.3, -0.25) is 4.79 Å². The topological polar surface area (TPSA) is 35.5 Å². The van der Waals surface area contributed by atoms with Crippen LogP contribution in [0.5, 0.6) is 11.5 Å². The third kappa shape index (κ3) is 4.87. The Bertz CT molecular complexity index is 796. The fourth-order valence-electron chi connectivity index (χ4n) is 5.10. The third-order valence-corrected chi connectivity index (χ3v) is 5.69. The van der Waals surface area contributed by atoms with E-state index in [9.17, 15) is 4.79 Å². The molecule has 0 amide bonds. The number of hydrogen-bond donors (Lipinski definition) is 0. The molecule has 28 heavy (non-hydrogen) atoms. The molecule has 4 heteroatoms. The molecule has 0 N–H and O–H groups in total. The van der Waals surface area contributed by atoms with Crippen LogP contribution in [0.25, 0.3) is 0 Å². The Morgan fingerprint density at radius 3 is 1.86 bits per heavy atom. The van der Waals surface area contributed by atoms with Crippen LogP contribution in [0.3, 0.4) is 0 Å². The second kappa shape index (κ2) is 8.82. The van der Waals surface area contributed by atoms with Crippen molar-refractivity contribution in [2.75, 3.05) is 7.11 Å². The van der Waals surface area contributed by atoms with Crippen LogP contribution in [0, 0.1) is 11.3 Å². The van der Waals surface area contributed by atoms with Gasteiger partial charge in [-0.1, -0.05) is 45.0 Å². The van der Waals surface area contributed by atoms with Crippen LogP contribution < -0.4 is 9.47 Å². The summed E-state index contributed by atoms with van der Waals surface area (Å²) in [5.74, 6) is 1.81. The molecule has 0 radical (unpaired) electrons. The molecule has 0 saturated heterocycles. The van der Waals surface area contributed by atoms with Gasteiger partial charge in [-0.25, -0.2) is 0 Å². The van der Waals surface area contributed by atoms with Crippen LogP contribution in [-0.4, -0.2) is 13.1 Å². The molecule has 0 bridgehead atoms. The molecule has 0 aromatic heterocycles. The summed E-state index contributed by atoms with van der Waals surface area (Å²) in [5, 5.41) is 0. The van der Waals surface area contributed by atoms with Crippen LogP contribution in [0.4, 0.5) is 0 Å². The number of esters is 1. The fourth-order valence-corrected chi connectivity index (χ4v) is 5.10. The Morgan fingerprint density at radius 2 is 1.43 bits per heavy atom. The molecule has 1 aliphatic rings. The van der Waals surface area contributed by atoms with E-state index in [1.165, 1.54) is 24.5 Å². The van der Waals surface area contributed by atoms with Gasteiger partial charge < -0.3 is 9.47 Å². The van der Waals surface area contributed by atoms with Gasteiger partial charge in [-0.15, -0.1) is 0 Å². The summed E-state index contributed by atoms with van der Waals surface area (Å²) in [6.07, 6.45) is 3.43. The third-order valence-electron chi connectivity index (χ3n) is 5.69. The number of rotatable bonds is 4. The van der Waals surface area contributed by atoms with Crippen molar-refractivity contribution in [3.63, 3.8) is 0 Å². The van der Waals surface area contributed by atoms with Crippen molar-refractivity contribution in [2.45, 2.75) is 52.4 Å². The maximum atomic E-state index is 11.2. The summed E-state index contributed by atoms with van der Waals surface area (Å²) >= 11 is 0. The number of carbonyl (C=O) groups excluding carboxylic acids is 1. The normalized spacial score (nSPS) is 23.4. The molecule has 0 aliphatic heterocycles.